The molecule has 1 N–H and O–H groups in total. The van der Waals surface area contributed by atoms with E-state index in [1.54, 1.807) is 20.0 Å². The minimum absolute atomic E-state index is 0.0597. The van der Waals surface area contributed by atoms with Crippen molar-refractivity contribution in [1.29, 1.82) is 0 Å². The van der Waals surface area contributed by atoms with Crippen molar-refractivity contribution in [2.75, 3.05) is 13.7 Å². The summed E-state index contributed by atoms with van der Waals surface area (Å²) in [5.41, 5.74) is 1.20. The molecule has 1 aromatic heterocycles. The average molecular weight is 244 g/mol. The quantitative estimate of drug-likeness (QED) is 0.893. The second-order valence-electron chi connectivity index (χ2n) is 4.34. The van der Waals surface area contributed by atoms with Crippen LogP contribution in [0.2, 0.25) is 0 Å². The zero-order valence-electron chi connectivity index (χ0n) is 10.5. The molecule has 0 aliphatic rings. The van der Waals surface area contributed by atoms with Crippen molar-refractivity contribution in [3.8, 4) is 0 Å². The van der Waals surface area contributed by atoms with Gasteiger partial charge in [0.2, 0.25) is 0 Å². The molecule has 1 aromatic carbocycles. The van der Waals surface area contributed by atoms with Crippen LogP contribution in [0.4, 0.5) is 0 Å². The molecule has 0 saturated heterocycles. The number of benzene rings is 1. The van der Waals surface area contributed by atoms with Crippen molar-refractivity contribution in [3.05, 3.63) is 42.1 Å². The maximum Gasteiger partial charge on any atom is 0.272 e. The van der Waals surface area contributed by atoms with Crippen LogP contribution in [-0.2, 0) is 0 Å². The van der Waals surface area contributed by atoms with Gasteiger partial charge in [-0.2, -0.15) is 0 Å². The second-order valence-corrected chi connectivity index (χ2v) is 4.34. The Morgan fingerprint density at radius 1 is 1.33 bits per heavy atom. The molecule has 4 heteroatoms. The monoisotopic (exact) mass is 244 g/mol. The lowest BCUT2D eigenvalue weighted by Crippen LogP contribution is -2.37. The highest BCUT2D eigenvalue weighted by Crippen LogP contribution is 2.13. The lowest BCUT2D eigenvalue weighted by molar-refractivity contribution is 0.0677. The third kappa shape index (κ3) is 2.33. The average Bonchev–Trinajstić information content (AvgIpc) is 2.44. The smallest absolute Gasteiger partial charge is 0.272 e. The van der Waals surface area contributed by atoms with E-state index in [0.29, 0.717) is 5.69 Å². The summed E-state index contributed by atoms with van der Waals surface area (Å²) in [5.74, 6) is -0.178. The summed E-state index contributed by atoms with van der Waals surface area (Å²) in [7, 11) is 1.67. The molecule has 94 valence electrons. The minimum atomic E-state index is -0.217. The lowest BCUT2D eigenvalue weighted by Gasteiger charge is -2.22. The fraction of sp³-hybridized carbons (Fsp3) is 0.286. The summed E-state index contributed by atoms with van der Waals surface area (Å²) < 4.78 is 0. The summed E-state index contributed by atoms with van der Waals surface area (Å²) in [5, 5.41) is 10.1. The van der Waals surface area contributed by atoms with Crippen LogP contribution in [0.1, 0.15) is 17.4 Å². The van der Waals surface area contributed by atoms with E-state index in [-0.39, 0.29) is 18.6 Å². The Morgan fingerprint density at radius 3 is 2.78 bits per heavy atom. The van der Waals surface area contributed by atoms with E-state index in [1.165, 1.54) is 4.90 Å². The van der Waals surface area contributed by atoms with E-state index in [2.05, 4.69) is 4.98 Å². The first kappa shape index (κ1) is 12.5. The number of pyridine rings is 1. The van der Waals surface area contributed by atoms with Gasteiger partial charge in [-0.3, -0.25) is 4.79 Å². The number of amides is 1. The molecule has 0 aliphatic carbocycles. The Morgan fingerprint density at radius 2 is 2.06 bits per heavy atom. The van der Waals surface area contributed by atoms with Crippen LogP contribution in [0.5, 0.6) is 0 Å². The van der Waals surface area contributed by atoms with Crippen molar-refractivity contribution < 1.29 is 9.90 Å². The van der Waals surface area contributed by atoms with Crippen LogP contribution >= 0.6 is 0 Å². The van der Waals surface area contributed by atoms with Crippen LogP contribution in [0.25, 0.3) is 10.9 Å². The van der Waals surface area contributed by atoms with Crippen molar-refractivity contribution in [2.24, 2.45) is 0 Å². The van der Waals surface area contributed by atoms with Gasteiger partial charge in [0, 0.05) is 12.4 Å². The molecule has 2 aromatic rings. The van der Waals surface area contributed by atoms with Gasteiger partial charge in [0.1, 0.15) is 5.69 Å². The van der Waals surface area contributed by atoms with Gasteiger partial charge in [-0.25, -0.2) is 4.98 Å². The second kappa shape index (κ2) is 5.14. The summed E-state index contributed by atoms with van der Waals surface area (Å²) in [4.78, 5) is 18.0. The predicted molar refractivity (Wildman–Crippen MR) is 70.4 cm³/mol. The van der Waals surface area contributed by atoms with Crippen molar-refractivity contribution in [3.63, 3.8) is 0 Å². The normalized spacial score (nSPS) is 12.4. The molecule has 18 heavy (non-hydrogen) atoms. The van der Waals surface area contributed by atoms with Gasteiger partial charge in [-0.1, -0.05) is 24.3 Å². The molecule has 1 heterocycles. The van der Waals surface area contributed by atoms with Crippen LogP contribution < -0.4 is 0 Å². The number of aliphatic hydroxyl groups is 1. The molecule has 4 nitrogen and oxygen atoms in total. The molecule has 2 rings (SSSR count). The molecular formula is C14H16N2O2. The number of likely N-dealkylation sites (N-methyl/N-ethyl adjacent to an activating group) is 1. The van der Waals surface area contributed by atoms with Crippen LogP contribution in [0.3, 0.4) is 0 Å². The number of hydrogen-bond donors (Lipinski definition) is 1. The molecular weight excluding hydrogens is 228 g/mol. The summed E-state index contributed by atoms with van der Waals surface area (Å²) in [6.07, 6.45) is 0. The van der Waals surface area contributed by atoms with E-state index >= 15 is 0 Å². The van der Waals surface area contributed by atoms with Gasteiger partial charge >= 0.3 is 0 Å². The summed E-state index contributed by atoms with van der Waals surface area (Å²) in [6.45, 7) is 1.73. The first-order valence-corrected chi connectivity index (χ1v) is 5.87. The maximum absolute atomic E-state index is 12.1. The Balaban J connectivity index is 2.33. The number of nitrogens with zero attached hydrogens (tertiary/aromatic N) is 2. The first-order valence-electron chi connectivity index (χ1n) is 5.87. The van der Waals surface area contributed by atoms with E-state index < -0.39 is 0 Å². The van der Waals surface area contributed by atoms with Gasteiger partial charge in [0.25, 0.3) is 5.91 Å². The first-order chi connectivity index (χ1) is 8.63. The zero-order valence-corrected chi connectivity index (χ0v) is 10.5. The van der Waals surface area contributed by atoms with Crippen LogP contribution in [-0.4, -0.2) is 40.6 Å². The van der Waals surface area contributed by atoms with Gasteiger partial charge < -0.3 is 10.0 Å². The number of hydrogen-bond acceptors (Lipinski definition) is 3. The highest BCUT2D eigenvalue weighted by atomic mass is 16.3. The Bertz CT molecular complexity index is 568. The van der Waals surface area contributed by atoms with E-state index in [9.17, 15) is 4.79 Å². The Hall–Kier alpha value is -1.94. The molecule has 0 radical (unpaired) electrons. The molecule has 0 aliphatic heterocycles. The van der Waals surface area contributed by atoms with Crippen molar-refractivity contribution in [1.82, 2.24) is 9.88 Å². The Labute approximate surface area is 106 Å². The largest absolute Gasteiger partial charge is 0.394 e. The van der Waals surface area contributed by atoms with Gasteiger partial charge in [-0.15, -0.1) is 0 Å². The van der Waals surface area contributed by atoms with Crippen LogP contribution in [0, 0.1) is 0 Å². The van der Waals surface area contributed by atoms with E-state index in [1.807, 2.05) is 30.3 Å². The van der Waals surface area contributed by atoms with Gasteiger partial charge in [0.15, 0.2) is 0 Å². The summed E-state index contributed by atoms with van der Waals surface area (Å²) in [6, 6.07) is 11.0. The SMILES string of the molecule is CC(CO)N(C)C(=O)c1ccc2ccccc2n1. The molecule has 0 bridgehead atoms. The van der Waals surface area contributed by atoms with Gasteiger partial charge in [-0.05, 0) is 19.1 Å². The topological polar surface area (TPSA) is 53.4 Å². The minimum Gasteiger partial charge on any atom is -0.394 e. The van der Waals surface area contributed by atoms with Gasteiger partial charge in [0.05, 0.1) is 18.2 Å². The number of aliphatic hydroxyl groups excluding tert-OH is 1. The number of fused-ring (bicyclic) bond motifs is 1. The number of carbonyl (C=O) groups excluding carboxylic acids is 1. The molecule has 0 spiro atoms. The third-order valence-corrected chi connectivity index (χ3v) is 3.06. The third-order valence-electron chi connectivity index (χ3n) is 3.06. The molecule has 0 fully saturated rings. The fourth-order valence-electron chi connectivity index (χ4n) is 1.69. The standard InChI is InChI=1S/C14H16N2O2/c1-10(9-17)16(2)14(18)13-8-7-11-5-3-4-6-12(11)15-13/h3-8,10,17H,9H2,1-2H3. The number of para-hydroxylation sites is 1. The maximum atomic E-state index is 12.1. The molecule has 1 unspecified atom stereocenters. The number of carbonyl (C=O) groups is 1. The van der Waals surface area contributed by atoms with E-state index in [0.717, 1.165) is 10.9 Å². The fourth-order valence-corrected chi connectivity index (χ4v) is 1.69. The van der Waals surface area contributed by atoms with Crippen molar-refractivity contribution >= 4 is 16.8 Å². The lowest BCUT2D eigenvalue weighted by atomic mass is 10.2. The predicted octanol–water partition coefficient (Wildman–Crippen LogP) is 1.69. The summed E-state index contributed by atoms with van der Waals surface area (Å²) >= 11 is 0. The zero-order chi connectivity index (χ0) is 13.1. The number of rotatable bonds is 3. The van der Waals surface area contributed by atoms with E-state index in [4.69, 9.17) is 5.11 Å². The van der Waals surface area contributed by atoms with Crippen molar-refractivity contribution in [2.45, 2.75) is 13.0 Å². The highest BCUT2D eigenvalue weighted by Gasteiger charge is 2.17. The molecule has 1 atom stereocenters. The molecule has 0 saturated carbocycles. The number of aromatic nitrogens is 1. The molecule has 1 amide bonds. The van der Waals surface area contributed by atoms with Crippen LogP contribution in [0.15, 0.2) is 36.4 Å². The Kier molecular flexibility index (Phi) is 3.58. The highest BCUT2D eigenvalue weighted by molar-refractivity contribution is 5.94.